The smallest absolute Gasteiger partial charge is 0.0682 e. The van der Waals surface area contributed by atoms with Crippen LogP contribution in [-0.4, -0.2) is 35.2 Å². The molecule has 0 aromatic carbocycles. The number of aliphatic hydroxyl groups is 1. The molecule has 11 heavy (non-hydrogen) atoms. The molecule has 66 valence electrons. The van der Waals surface area contributed by atoms with E-state index in [1.807, 2.05) is 0 Å². The van der Waals surface area contributed by atoms with Crippen molar-refractivity contribution in [2.45, 2.75) is 45.3 Å². The maximum Gasteiger partial charge on any atom is 0.0682 e. The highest BCUT2D eigenvalue weighted by Gasteiger charge is 2.26. The fraction of sp³-hybridized carbons (Fsp3) is 1.00. The molecule has 0 saturated carbocycles. The topological polar surface area (TPSA) is 23.5 Å². The minimum Gasteiger partial charge on any atom is -0.392 e. The third-order valence-electron chi connectivity index (χ3n) is 2.48. The predicted molar refractivity (Wildman–Crippen MR) is 46.6 cm³/mol. The molecular formula is C9H19NO. The Kier molecular flexibility index (Phi) is 3.34. The van der Waals surface area contributed by atoms with Crippen LogP contribution in [0.3, 0.4) is 0 Å². The molecule has 2 nitrogen and oxygen atoms in total. The largest absolute Gasteiger partial charge is 0.392 e. The van der Waals surface area contributed by atoms with E-state index in [0.29, 0.717) is 6.04 Å². The Balaban J connectivity index is 2.23. The Morgan fingerprint density at radius 2 is 2.27 bits per heavy atom. The zero-order valence-corrected chi connectivity index (χ0v) is 7.58. The average molecular weight is 157 g/mol. The number of unbranched alkanes of at least 4 members (excludes halogenated alkanes) is 1. The van der Waals surface area contributed by atoms with Crippen LogP contribution in [0.5, 0.6) is 0 Å². The minimum atomic E-state index is -0.0677. The van der Waals surface area contributed by atoms with Gasteiger partial charge in [0.15, 0.2) is 0 Å². The van der Waals surface area contributed by atoms with Crippen molar-refractivity contribution in [1.29, 1.82) is 0 Å². The monoisotopic (exact) mass is 157 g/mol. The summed E-state index contributed by atoms with van der Waals surface area (Å²) in [5, 5.41) is 9.33. The summed E-state index contributed by atoms with van der Waals surface area (Å²) in [5.41, 5.74) is 0. The molecule has 0 aromatic heterocycles. The molecule has 0 spiro atoms. The zero-order valence-electron chi connectivity index (χ0n) is 7.58. The van der Waals surface area contributed by atoms with E-state index in [9.17, 15) is 5.11 Å². The van der Waals surface area contributed by atoms with E-state index in [1.54, 1.807) is 0 Å². The van der Waals surface area contributed by atoms with Gasteiger partial charge in [-0.3, -0.25) is 4.90 Å². The Bertz CT molecular complexity index is 116. The molecule has 2 unspecified atom stereocenters. The molecule has 1 rings (SSSR count). The Hall–Kier alpha value is -0.0800. The second-order valence-electron chi connectivity index (χ2n) is 3.59. The van der Waals surface area contributed by atoms with Gasteiger partial charge >= 0.3 is 0 Å². The van der Waals surface area contributed by atoms with Crippen molar-refractivity contribution in [1.82, 2.24) is 4.90 Å². The number of aliphatic hydroxyl groups excluding tert-OH is 1. The van der Waals surface area contributed by atoms with E-state index in [-0.39, 0.29) is 6.10 Å². The van der Waals surface area contributed by atoms with Crippen molar-refractivity contribution < 1.29 is 5.11 Å². The lowest BCUT2D eigenvalue weighted by molar-refractivity contribution is 0.174. The van der Waals surface area contributed by atoms with E-state index in [4.69, 9.17) is 0 Å². The SMILES string of the molecule is CCCCN1CC(O)CC1C. The van der Waals surface area contributed by atoms with Crippen LogP contribution in [0, 0.1) is 0 Å². The predicted octanol–water partition coefficient (Wildman–Crippen LogP) is 1.24. The number of rotatable bonds is 3. The van der Waals surface area contributed by atoms with E-state index >= 15 is 0 Å². The number of likely N-dealkylation sites (tertiary alicyclic amines) is 1. The summed E-state index contributed by atoms with van der Waals surface area (Å²) < 4.78 is 0. The number of hydrogen-bond donors (Lipinski definition) is 1. The van der Waals surface area contributed by atoms with Gasteiger partial charge in [-0.15, -0.1) is 0 Å². The maximum absolute atomic E-state index is 9.33. The van der Waals surface area contributed by atoms with Crippen molar-refractivity contribution >= 4 is 0 Å². The highest BCUT2D eigenvalue weighted by Crippen LogP contribution is 2.17. The first-order chi connectivity index (χ1) is 5.24. The summed E-state index contributed by atoms with van der Waals surface area (Å²) in [6.07, 6.45) is 3.40. The lowest BCUT2D eigenvalue weighted by Gasteiger charge is -2.19. The van der Waals surface area contributed by atoms with Gasteiger partial charge in [0.2, 0.25) is 0 Å². The molecule has 0 aromatic rings. The van der Waals surface area contributed by atoms with Crippen molar-refractivity contribution in [3.05, 3.63) is 0 Å². The van der Waals surface area contributed by atoms with Crippen molar-refractivity contribution in [3.63, 3.8) is 0 Å². The standard InChI is InChI=1S/C9H19NO/c1-3-4-5-10-7-9(11)6-8(10)2/h8-9,11H,3-7H2,1-2H3. The second-order valence-corrected chi connectivity index (χ2v) is 3.59. The molecule has 0 amide bonds. The van der Waals surface area contributed by atoms with Crippen LogP contribution in [0.1, 0.15) is 33.1 Å². The van der Waals surface area contributed by atoms with Gasteiger partial charge in [0, 0.05) is 12.6 Å². The van der Waals surface area contributed by atoms with Gasteiger partial charge in [0.05, 0.1) is 6.10 Å². The summed E-state index contributed by atoms with van der Waals surface area (Å²) in [7, 11) is 0. The molecule has 1 aliphatic rings. The molecule has 2 atom stereocenters. The highest BCUT2D eigenvalue weighted by atomic mass is 16.3. The molecule has 0 radical (unpaired) electrons. The molecule has 0 aliphatic carbocycles. The summed E-state index contributed by atoms with van der Waals surface area (Å²) >= 11 is 0. The zero-order chi connectivity index (χ0) is 8.27. The lowest BCUT2D eigenvalue weighted by atomic mass is 10.2. The summed E-state index contributed by atoms with van der Waals surface area (Å²) in [6, 6.07) is 0.594. The molecule has 1 N–H and O–H groups in total. The van der Waals surface area contributed by atoms with Gasteiger partial charge in [-0.05, 0) is 26.3 Å². The van der Waals surface area contributed by atoms with Gasteiger partial charge in [-0.2, -0.15) is 0 Å². The molecule has 1 saturated heterocycles. The van der Waals surface area contributed by atoms with E-state index in [1.165, 1.54) is 12.8 Å². The molecular weight excluding hydrogens is 138 g/mol. The van der Waals surface area contributed by atoms with Crippen molar-refractivity contribution in [2.24, 2.45) is 0 Å². The molecule has 1 heterocycles. The second kappa shape index (κ2) is 4.07. The Morgan fingerprint density at radius 3 is 2.73 bits per heavy atom. The molecule has 0 bridgehead atoms. The van der Waals surface area contributed by atoms with Gasteiger partial charge in [-0.1, -0.05) is 13.3 Å². The lowest BCUT2D eigenvalue weighted by Crippen LogP contribution is -2.28. The first-order valence-electron chi connectivity index (χ1n) is 4.66. The molecule has 1 aliphatic heterocycles. The maximum atomic E-state index is 9.33. The first-order valence-corrected chi connectivity index (χ1v) is 4.66. The highest BCUT2D eigenvalue weighted by molar-refractivity contribution is 4.81. The quantitative estimate of drug-likeness (QED) is 0.666. The van der Waals surface area contributed by atoms with Crippen molar-refractivity contribution in [3.8, 4) is 0 Å². The van der Waals surface area contributed by atoms with Gasteiger partial charge in [0.1, 0.15) is 0 Å². The van der Waals surface area contributed by atoms with Crippen LogP contribution in [-0.2, 0) is 0 Å². The summed E-state index contributed by atoms with van der Waals surface area (Å²) in [5.74, 6) is 0. The van der Waals surface area contributed by atoms with Crippen molar-refractivity contribution in [2.75, 3.05) is 13.1 Å². The third kappa shape index (κ3) is 2.46. The Labute approximate surface area is 69.2 Å². The fourth-order valence-corrected chi connectivity index (χ4v) is 1.74. The van der Waals surface area contributed by atoms with Gasteiger partial charge in [-0.25, -0.2) is 0 Å². The first kappa shape index (κ1) is 9.01. The van der Waals surface area contributed by atoms with Crippen LogP contribution < -0.4 is 0 Å². The number of β-amino-alcohol motifs (C(OH)–C–C–N with tert-alkyl or cyclic N) is 1. The van der Waals surface area contributed by atoms with Gasteiger partial charge < -0.3 is 5.11 Å². The van der Waals surface area contributed by atoms with Crippen LogP contribution in [0.15, 0.2) is 0 Å². The average Bonchev–Trinajstić information content (AvgIpc) is 2.26. The number of nitrogens with zero attached hydrogens (tertiary/aromatic N) is 1. The summed E-state index contributed by atoms with van der Waals surface area (Å²) in [6.45, 7) is 6.46. The van der Waals surface area contributed by atoms with Crippen LogP contribution in [0.25, 0.3) is 0 Å². The number of hydrogen-bond acceptors (Lipinski definition) is 2. The summed E-state index contributed by atoms with van der Waals surface area (Å²) in [4.78, 5) is 2.38. The molecule has 1 fully saturated rings. The van der Waals surface area contributed by atoms with Crippen LogP contribution in [0.4, 0.5) is 0 Å². The van der Waals surface area contributed by atoms with Crippen LogP contribution in [0.2, 0.25) is 0 Å². The normalized spacial score (nSPS) is 33.0. The van der Waals surface area contributed by atoms with E-state index in [2.05, 4.69) is 18.7 Å². The van der Waals surface area contributed by atoms with E-state index in [0.717, 1.165) is 19.5 Å². The third-order valence-corrected chi connectivity index (χ3v) is 2.48. The fourth-order valence-electron chi connectivity index (χ4n) is 1.74. The van der Waals surface area contributed by atoms with E-state index < -0.39 is 0 Å². The van der Waals surface area contributed by atoms with Gasteiger partial charge in [0.25, 0.3) is 0 Å². The Morgan fingerprint density at radius 1 is 1.55 bits per heavy atom. The molecule has 2 heteroatoms. The minimum absolute atomic E-state index is 0.0677. The van der Waals surface area contributed by atoms with Crippen LogP contribution >= 0.6 is 0 Å².